The van der Waals surface area contributed by atoms with E-state index in [1.165, 1.54) is 0 Å². The normalized spacial score (nSPS) is 27.5. The SMILES string of the molecule is O=C(NC1C(c2ccncc2)CC(O)C1O)c1ccccc1. The first-order chi connectivity index (χ1) is 10.7. The van der Waals surface area contributed by atoms with Gasteiger partial charge in [-0.15, -0.1) is 0 Å². The Morgan fingerprint density at radius 3 is 2.45 bits per heavy atom. The minimum absolute atomic E-state index is 0.138. The van der Waals surface area contributed by atoms with Crippen LogP contribution in [0.15, 0.2) is 54.9 Å². The van der Waals surface area contributed by atoms with E-state index in [4.69, 9.17) is 0 Å². The third-order valence-corrected chi connectivity index (χ3v) is 4.16. The summed E-state index contributed by atoms with van der Waals surface area (Å²) in [6, 6.07) is 12.0. The van der Waals surface area contributed by atoms with Crippen LogP contribution < -0.4 is 5.32 Å². The highest BCUT2D eigenvalue weighted by Gasteiger charge is 2.43. The van der Waals surface area contributed by atoms with Crippen LogP contribution in [-0.4, -0.2) is 39.4 Å². The Balaban J connectivity index is 1.82. The van der Waals surface area contributed by atoms with E-state index in [9.17, 15) is 15.0 Å². The number of benzene rings is 1. The van der Waals surface area contributed by atoms with E-state index in [1.807, 2.05) is 18.2 Å². The molecule has 4 unspecified atom stereocenters. The van der Waals surface area contributed by atoms with Crippen molar-refractivity contribution in [3.63, 3.8) is 0 Å². The van der Waals surface area contributed by atoms with Gasteiger partial charge < -0.3 is 15.5 Å². The molecule has 3 rings (SSSR count). The van der Waals surface area contributed by atoms with Crippen LogP contribution in [0.3, 0.4) is 0 Å². The molecule has 0 saturated heterocycles. The average Bonchev–Trinajstić information content (AvgIpc) is 2.85. The molecule has 3 N–H and O–H groups in total. The Morgan fingerprint density at radius 2 is 1.77 bits per heavy atom. The smallest absolute Gasteiger partial charge is 0.251 e. The first-order valence-electron chi connectivity index (χ1n) is 7.29. The Morgan fingerprint density at radius 1 is 1.09 bits per heavy atom. The monoisotopic (exact) mass is 298 g/mol. The van der Waals surface area contributed by atoms with Crippen molar-refractivity contribution < 1.29 is 15.0 Å². The van der Waals surface area contributed by atoms with Crippen molar-refractivity contribution in [2.75, 3.05) is 0 Å². The first-order valence-corrected chi connectivity index (χ1v) is 7.29. The van der Waals surface area contributed by atoms with Crippen molar-refractivity contribution in [1.82, 2.24) is 10.3 Å². The molecule has 0 aliphatic heterocycles. The molecular weight excluding hydrogens is 280 g/mol. The fraction of sp³-hybridized carbons (Fsp3) is 0.294. The molecule has 1 amide bonds. The van der Waals surface area contributed by atoms with Crippen LogP contribution in [0.2, 0.25) is 0 Å². The van der Waals surface area contributed by atoms with Crippen molar-refractivity contribution >= 4 is 5.91 Å². The Labute approximate surface area is 128 Å². The second-order valence-electron chi connectivity index (χ2n) is 5.55. The fourth-order valence-corrected chi connectivity index (χ4v) is 2.99. The highest BCUT2D eigenvalue weighted by atomic mass is 16.3. The van der Waals surface area contributed by atoms with Gasteiger partial charge in [0.2, 0.25) is 0 Å². The van der Waals surface area contributed by atoms with Crippen LogP contribution in [0.4, 0.5) is 0 Å². The predicted octanol–water partition coefficient (Wildman–Crippen LogP) is 1.09. The van der Waals surface area contributed by atoms with Gasteiger partial charge in [-0.1, -0.05) is 18.2 Å². The number of pyridine rings is 1. The van der Waals surface area contributed by atoms with E-state index in [1.54, 1.807) is 36.7 Å². The largest absolute Gasteiger partial charge is 0.390 e. The molecule has 0 radical (unpaired) electrons. The van der Waals surface area contributed by atoms with E-state index >= 15 is 0 Å². The lowest BCUT2D eigenvalue weighted by molar-refractivity contribution is 0.0294. The van der Waals surface area contributed by atoms with Gasteiger partial charge in [-0.2, -0.15) is 0 Å². The van der Waals surface area contributed by atoms with Gasteiger partial charge in [-0.05, 0) is 36.2 Å². The number of carbonyl (C=O) groups excluding carboxylic acids is 1. The predicted molar refractivity (Wildman–Crippen MR) is 81.3 cm³/mol. The van der Waals surface area contributed by atoms with Crippen molar-refractivity contribution in [2.24, 2.45) is 0 Å². The highest BCUT2D eigenvalue weighted by molar-refractivity contribution is 5.94. The summed E-state index contributed by atoms with van der Waals surface area (Å²) in [5.41, 5.74) is 1.48. The summed E-state index contributed by atoms with van der Waals surface area (Å²) in [4.78, 5) is 16.3. The topological polar surface area (TPSA) is 82.5 Å². The maximum absolute atomic E-state index is 12.3. The molecule has 5 heteroatoms. The van der Waals surface area contributed by atoms with E-state index in [0.717, 1.165) is 5.56 Å². The third-order valence-electron chi connectivity index (χ3n) is 4.16. The van der Waals surface area contributed by atoms with E-state index in [0.29, 0.717) is 12.0 Å². The van der Waals surface area contributed by atoms with Crippen LogP contribution >= 0.6 is 0 Å². The summed E-state index contributed by atoms with van der Waals surface area (Å²) >= 11 is 0. The lowest BCUT2D eigenvalue weighted by Crippen LogP contribution is -2.45. The lowest BCUT2D eigenvalue weighted by Gasteiger charge is -2.23. The van der Waals surface area contributed by atoms with Gasteiger partial charge >= 0.3 is 0 Å². The second kappa shape index (κ2) is 6.25. The molecule has 0 spiro atoms. The summed E-state index contributed by atoms with van der Waals surface area (Å²) in [5.74, 6) is -0.390. The number of aromatic nitrogens is 1. The zero-order valence-corrected chi connectivity index (χ0v) is 12.0. The van der Waals surface area contributed by atoms with Crippen molar-refractivity contribution in [3.8, 4) is 0 Å². The average molecular weight is 298 g/mol. The van der Waals surface area contributed by atoms with Gasteiger partial charge in [0.25, 0.3) is 5.91 Å². The number of hydrogen-bond donors (Lipinski definition) is 3. The molecule has 1 aliphatic rings. The van der Waals surface area contributed by atoms with Crippen LogP contribution in [0.1, 0.15) is 28.3 Å². The molecule has 114 valence electrons. The molecule has 1 fully saturated rings. The fourth-order valence-electron chi connectivity index (χ4n) is 2.99. The van der Waals surface area contributed by atoms with E-state index in [2.05, 4.69) is 10.3 Å². The van der Waals surface area contributed by atoms with Gasteiger partial charge in [-0.25, -0.2) is 0 Å². The molecule has 1 heterocycles. The van der Waals surface area contributed by atoms with Gasteiger partial charge in [0.1, 0.15) is 6.10 Å². The van der Waals surface area contributed by atoms with Crippen LogP contribution in [-0.2, 0) is 0 Å². The zero-order chi connectivity index (χ0) is 15.5. The number of hydrogen-bond acceptors (Lipinski definition) is 4. The molecule has 0 bridgehead atoms. The molecule has 1 aromatic heterocycles. The lowest BCUT2D eigenvalue weighted by atomic mass is 9.94. The molecule has 1 aromatic carbocycles. The van der Waals surface area contributed by atoms with Gasteiger partial charge in [0.15, 0.2) is 0 Å². The molecule has 1 saturated carbocycles. The van der Waals surface area contributed by atoms with Crippen molar-refractivity contribution in [3.05, 3.63) is 66.0 Å². The Hall–Kier alpha value is -2.24. The maximum Gasteiger partial charge on any atom is 0.251 e. The molecule has 22 heavy (non-hydrogen) atoms. The number of carbonyl (C=O) groups is 1. The number of aliphatic hydroxyl groups excluding tert-OH is 2. The van der Waals surface area contributed by atoms with Crippen LogP contribution in [0.25, 0.3) is 0 Å². The number of rotatable bonds is 3. The summed E-state index contributed by atoms with van der Waals surface area (Å²) in [5, 5.41) is 23.0. The molecule has 2 aromatic rings. The van der Waals surface area contributed by atoms with Gasteiger partial charge in [0, 0.05) is 23.9 Å². The van der Waals surface area contributed by atoms with Crippen LogP contribution in [0.5, 0.6) is 0 Å². The summed E-state index contributed by atoms with van der Waals surface area (Å²) < 4.78 is 0. The van der Waals surface area contributed by atoms with Crippen LogP contribution in [0, 0.1) is 0 Å². The Bertz CT molecular complexity index is 633. The molecular formula is C17H18N2O3. The summed E-state index contributed by atoms with van der Waals surface area (Å²) in [6.45, 7) is 0. The van der Waals surface area contributed by atoms with Crippen molar-refractivity contribution in [1.29, 1.82) is 0 Å². The molecule has 5 nitrogen and oxygen atoms in total. The number of nitrogens with one attached hydrogen (secondary N) is 1. The van der Waals surface area contributed by atoms with Crippen molar-refractivity contribution in [2.45, 2.75) is 30.6 Å². The second-order valence-corrected chi connectivity index (χ2v) is 5.55. The number of nitrogens with zero attached hydrogens (tertiary/aromatic N) is 1. The van der Waals surface area contributed by atoms with E-state index in [-0.39, 0.29) is 11.8 Å². The Kier molecular flexibility index (Phi) is 4.18. The first kappa shape index (κ1) is 14.7. The number of aliphatic hydroxyl groups is 2. The minimum atomic E-state index is -0.981. The number of amides is 1. The quantitative estimate of drug-likeness (QED) is 0.792. The zero-order valence-electron chi connectivity index (χ0n) is 12.0. The summed E-state index contributed by atoms with van der Waals surface area (Å²) in [7, 11) is 0. The highest BCUT2D eigenvalue weighted by Crippen LogP contribution is 2.35. The minimum Gasteiger partial charge on any atom is -0.390 e. The summed E-state index contributed by atoms with van der Waals surface area (Å²) in [6.07, 6.45) is 1.92. The molecule has 4 atom stereocenters. The standard InChI is InChI=1S/C17H18N2O3/c20-14-10-13(11-6-8-18-9-7-11)15(16(14)21)19-17(22)12-4-2-1-3-5-12/h1-9,13-16,20-21H,10H2,(H,19,22). The van der Waals surface area contributed by atoms with E-state index < -0.39 is 18.2 Å². The van der Waals surface area contributed by atoms with Gasteiger partial charge in [-0.3, -0.25) is 9.78 Å². The molecule has 1 aliphatic carbocycles. The maximum atomic E-state index is 12.3. The van der Waals surface area contributed by atoms with Gasteiger partial charge in [0.05, 0.1) is 12.1 Å². The third kappa shape index (κ3) is 2.86.